The molecule has 0 bridgehead atoms. The summed E-state index contributed by atoms with van der Waals surface area (Å²) in [6.07, 6.45) is 0. The summed E-state index contributed by atoms with van der Waals surface area (Å²) < 4.78 is 0.113. The summed E-state index contributed by atoms with van der Waals surface area (Å²) >= 11 is 7.99. The van der Waals surface area contributed by atoms with Gasteiger partial charge in [-0.05, 0) is 19.1 Å². The lowest BCUT2D eigenvalue weighted by molar-refractivity contribution is -0.211. The summed E-state index contributed by atoms with van der Waals surface area (Å²) in [6.45, 7) is 2.28. The van der Waals surface area contributed by atoms with Gasteiger partial charge in [0.1, 0.15) is 0 Å². The smallest absolute Gasteiger partial charge is 0.260 e. The molecule has 0 rings (SSSR count). The number of hydrogen-bond acceptors (Lipinski definition) is 3. The fourth-order valence-electron chi connectivity index (χ4n) is 0.109. The largest absolute Gasteiger partial charge is 0.319 e. The van der Waals surface area contributed by atoms with E-state index in [2.05, 4.69) is 34.6 Å². The van der Waals surface area contributed by atoms with E-state index in [-0.39, 0.29) is 4.38 Å². The van der Waals surface area contributed by atoms with Crippen LogP contribution < -0.4 is 0 Å². The van der Waals surface area contributed by atoms with Gasteiger partial charge in [-0.25, -0.2) is 0 Å². The maximum absolute atomic E-state index is 4.38. The number of thiol groups is 1. The zero-order chi connectivity index (χ0) is 5.70. The summed E-state index contributed by atoms with van der Waals surface area (Å²) in [4.78, 5) is 8.66. The third-order valence-corrected chi connectivity index (χ3v) is 0.391. The Balaban J connectivity index is 2.82. The van der Waals surface area contributed by atoms with E-state index < -0.39 is 0 Å². The molecule has 0 unspecified atom stereocenters. The van der Waals surface area contributed by atoms with Crippen molar-refractivity contribution in [3.8, 4) is 0 Å². The predicted molar refractivity (Wildman–Crippen MR) is 34.3 cm³/mol. The minimum Gasteiger partial charge on any atom is -0.319 e. The van der Waals surface area contributed by atoms with Crippen molar-refractivity contribution in [3.05, 3.63) is 0 Å². The van der Waals surface area contributed by atoms with Gasteiger partial charge in [0.05, 0.1) is 6.61 Å². The van der Waals surface area contributed by atoms with Crippen molar-refractivity contribution >= 4 is 29.2 Å². The molecule has 0 aliphatic heterocycles. The Morgan fingerprint density at radius 2 is 2.43 bits per heavy atom. The van der Waals surface area contributed by atoms with Crippen LogP contribution in [-0.2, 0) is 9.78 Å². The highest BCUT2D eigenvalue weighted by Gasteiger charge is 1.83. The number of hydrogen-bond donors (Lipinski definition) is 1. The summed E-state index contributed by atoms with van der Waals surface area (Å²) in [7, 11) is 0. The molecule has 0 fully saturated rings. The van der Waals surface area contributed by atoms with Crippen molar-refractivity contribution in [2.24, 2.45) is 0 Å². The van der Waals surface area contributed by atoms with Gasteiger partial charge in [0.25, 0.3) is 4.38 Å². The van der Waals surface area contributed by atoms with Gasteiger partial charge in [-0.15, -0.1) is 0 Å². The standard InChI is InChI=1S/C3H6O2S2/c1-2-4-5-3(6)7/h2H2,1H3,(H,6,7). The van der Waals surface area contributed by atoms with E-state index in [4.69, 9.17) is 0 Å². The van der Waals surface area contributed by atoms with Crippen LogP contribution in [-0.4, -0.2) is 11.0 Å². The highest BCUT2D eigenvalue weighted by Crippen LogP contribution is 1.86. The molecule has 0 spiro atoms. The first-order chi connectivity index (χ1) is 3.27. The molecule has 0 saturated heterocycles. The molecule has 0 aromatic rings. The fraction of sp³-hybridized carbons (Fsp3) is 0.667. The molecule has 0 atom stereocenters. The lowest BCUT2D eigenvalue weighted by Gasteiger charge is -1.94. The summed E-state index contributed by atoms with van der Waals surface area (Å²) in [6, 6.07) is 0. The highest BCUT2D eigenvalue weighted by atomic mass is 32.1. The van der Waals surface area contributed by atoms with Gasteiger partial charge in [-0.2, -0.15) is 4.89 Å². The quantitative estimate of drug-likeness (QED) is 0.267. The molecule has 2 nitrogen and oxygen atoms in total. The van der Waals surface area contributed by atoms with Crippen LogP contribution in [0.25, 0.3) is 0 Å². The van der Waals surface area contributed by atoms with Crippen LogP contribution in [0.5, 0.6) is 0 Å². The normalized spacial score (nSPS) is 8.29. The molecule has 0 aromatic heterocycles. The van der Waals surface area contributed by atoms with E-state index >= 15 is 0 Å². The fourth-order valence-corrected chi connectivity index (χ4v) is 0.210. The molecule has 0 aliphatic carbocycles. The lowest BCUT2D eigenvalue weighted by Crippen LogP contribution is -1.93. The van der Waals surface area contributed by atoms with Gasteiger partial charge >= 0.3 is 0 Å². The molecule has 0 heterocycles. The third-order valence-electron chi connectivity index (χ3n) is 0.248. The van der Waals surface area contributed by atoms with Crippen LogP contribution in [0.3, 0.4) is 0 Å². The maximum Gasteiger partial charge on any atom is 0.260 e. The van der Waals surface area contributed by atoms with Crippen LogP contribution >= 0.6 is 24.8 Å². The Bertz CT molecular complexity index is 64.0. The van der Waals surface area contributed by atoms with Gasteiger partial charge in [0, 0.05) is 0 Å². The first kappa shape index (κ1) is 7.20. The van der Waals surface area contributed by atoms with Crippen LogP contribution in [0.2, 0.25) is 0 Å². The number of thiocarbonyl (C=S) groups is 1. The van der Waals surface area contributed by atoms with E-state index in [1.54, 1.807) is 6.92 Å². The average Bonchev–Trinajstić information content (AvgIpc) is 1.61. The van der Waals surface area contributed by atoms with E-state index in [9.17, 15) is 0 Å². The minimum atomic E-state index is 0.113. The van der Waals surface area contributed by atoms with Gasteiger partial charge in [-0.1, -0.05) is 12.6 Å². The van der Waals surface area contributed by atoms with Crippen LogP contribution in [0.4, 0.5) is 0 Å². The highest BCUT2D eigenvalue weighted by molar-refractivity contribution is 8.10. The Hall–Kier alpha value is 0.200. The molecule has 0 aromatic carbocycles. The molecule has 0 amide bonds. The monoisotopic (exact) mass is 138 g/mol. The lowest BCUT2D eigenvalue weighted by atomic mass is 10.9. The second kappa shape index (κ2) is 4.36. The Morgan fingerprint density at radius 3 is 2.57 bits per heavy atom. The van der Waals surface area contributed by atoms with Gasteiger partial charge in [0.15, 0.2) is 0 Å². The maximum atomic E-state index is 4.38. The van der Waals surface area contributed by atoms with Crippen LogP contribution in [0.1, 0.15) is 6.92 Å². The van der Waals surface area contributed by atoms with Crippen molar-refractivity contribution in [2.45, 2.75) is 6.92 Å². The first-order valence-electron chi connectivity index (χ1n) is 1.79. The molecule has 4 heteroatoms. The average molecular weight is 138 g/mol. The molecular formula is C3H6O2S2. The van der Waals surface area contributed by atoms with E-state index in [1.807, 2.05) is 0 Å². The van der Waals surface area contributed by atoms with Crippen molar-refractivity contribution in [1.82, 2.24) is 0 Å². The molecule has 0 radical (unpaired) electrons. The van der Waals surface area contributed by atoms with Crippen molar-refractivity contribution in [2.75, 3.05) is 6.61 Å². The number of rotatable bonds is 2. The first-order valence-corrected chi connectivity index (χ1v) is 2.65. The van der Waals surface area contributed by atoms with Gasteiger partial charge < -0.3 is 4.89 Å². The Labute approximate surface area is 53.1 Å². The minimum absolute atomic E-state index is 0.113. The van der Waals surface area contributed by atoms with E-state index in [0.29, 0.717) is 6.61 Å². The van der Waals surface area contributed by atoms with Crippen molar-refractivity contribution in [1.29, 1.82) is 0 Å². The molecule has 0 aliphatic rings. The third kappa shape index (κ3) is 6.20. The van der Waals surface area contributed by atoms with Gasteiger partial charge in [0.2, 0.25) is 0 Å². The molecule has 0 N–H and O–H groups in total. The molecule has 0 saturated carbocycles. The second-order valence-electron chi connectivity index (χ2n) is 0.756. The topological polar surface area (TPSA) is 18.5 Å². The van der Waals surface area contributed by atoms with E-state index in [1.165, 1.54) is 0 Å². The summed E-state index contributed by atoms with van der Waals surface area (Å²) in [5, 5.41) is 0. The Kier molecular flexibility index (Phi) is 4.49. The zero-order valence-electron chi connectivity index (χ0n) is 3.88. The summed E-state index contributed by atoms with van der Waals surface area (Å²) in [5.41, 5.74) is 0. The van der Waals surface area contributed by atoms with Crippen molar-refractivity contribution in [3.63, 3.8) is 0 Å². The SMILES string of the molecule is CCOOC(=S)S. The second-order valence-corrected chi connectivity index (χ2v) is 1.84. The molecule has 7 heavy (non-hydrogen) atoms. The van der Waals surface area contributed by atoms with Crippen molar-refractivity contribution < 1.29 is 9.78 Å². The zero-order valence-corrected chi connectivity index (χ0v) is 5.59. The summed E-state index contributed by atoms with van der Waals surface area (Å²) in [5.74, 6) is 0. The Morgan fingerprint density at radius 1 is 1.86 bits per heavy atom. The van der Waals surface area contributed by atoms with Gasteiger partial charge in [-0.3, -0.25) is 0 Å². The molecule has 42 valence electrons. The van der Waals surface area contributed by atoms with Crippen LogP contribution in [0.15, 0.2) is 0 Å². The van der Waals surface area contributed by atoms with Crippen LogP contribution in [0, 0.1) is 0 Å². The predicted octanol–water partition coefficient (Wildman–Crippen LogP) is 1.17. The van der Waals surface area contributed by atoms with E-state index in [0.717, 1.165) is 0 Å². The molecular weight excluding hydrogens is 132 g/mol.